The van der Waals surface area contributed by atoms with Crippen LogP contribution in [0.25, 0.3) is 10.9 Å². The average Bonchev–Trinajstić information content (AvgIpc) is 3.58. The largest absolute Gasteiger partial charge is 0.360 e. The normalized spacial score (nSPS) is 17.2. The summed E-state index contributed by atoms with van der Waals surface area (Å²) in [6, 6.07) is 8.21. The molecule has 10 heteroatoms. The lowest BCUT2D eigenvalue weighted by Gasteiger charge is -2.34. The Balaban J connectivity index is 1.12. The molecule has 0 atom stereocenters. The molecule has 2 amide bonds. The van der Waals surface area contributed by atoms with Crippen molar-refractivity contribution in [3.63, 3.8) is 0 Å². The number of benzene rings is 1. The van der Waals surface area contributed by atoms with Crippen molar-refractivity contribution in [2.75, 3.05) is 36.8 Å². The molecule has 1 aliphatic carbocycles. The molecule has 0 unspecified atom stereocenters. The zero-order valence-corrected chi connectivity index (χ0v) is 19.4. The van der Waals surface area contributed by atoms with Crippen molar-refractivity contribution >= 4 is 50.9 Å². The van der Waals surface area contributed by atoms with E-state index in [0.717, 1.165) is 51.9 Å². The second-order valence-corrected chi connectivity index (χ2v) is 10.4. The molecule has 2 aromatic heterocycles. The van der Waals surface area contributed by atoms with Crippen LogP contribution in [0.15, 0.2) is 34.8 Å². The Morgan fingerprint density at radius 2 is 1.91 bits per heavy atom. The molecule has 0 bridgehead atoms. The summed E-state index contributed by atoms with van der Waals surface area (Å²) in [6.07, 6.45) is 6.40. The summed E-state index contributed by atoms with van der Waals surface area (Å²) >= 11 is 2.95. The SMILES string of the molecule is O=C(CSc1nnc(N2CCN(C(=O)c3c[nH]c4ccccc34)CC2)s1)NC1CCCC1. The molecule has 2 N–H and O–H groups in total. The van der Waals surface area contributed by atoms with Crippen LogP contribution in [0.2, 0.25) is 0 Å². The van der Waals surface area contributed by atoms with Gasteiger partial charge in [-0.2, -0.15) is 0 Å². The summed E-state index contributed by atoms with van der Waals surface area (Å²) in [7, 11) is 0. The minimum Gasteiger partial charge on any atom is -0.360 e. The highest BCUT2D eigenvalue weighted by molar-refractivity contribution is 8.01. The lowest BCUT2D eigenvalue weighted by atomic mass is 10.1. The Morgan fingerprint density at radius 1 is 1.12 bits per heavy atom. The molecule has 1 saturated heterocycles. The molecule has 3 aromatic rings. The summed E-state index contributed by atoms with van der Waals surface area (Å²) in [4.78, 5) is 32.4. The number of nitrogens with zero attached hydrogens (tertiary/aromatic N) is 4. The van der Waals surface area contributed by atoms with Gasteiger partial charge in [-0.15, -0.1) is 10.2 Å². The van der Waals surface area contributed by atoms with Crippen LogP contribution in [0, 0.1) is 0 Å². The summed E-state index contributed by atoms with van der Waals surface area (Å²) in [6.45, 7) is 2.72. The molecule has 1 saturated carbocycles. The fraction of sp³-hybridized carbons (Fsp3) is 0.455. The molecule has 2 fully saturated rings. The van der Waals surface area contributed by atoms with Crippen LogP contribution in [0.5, 0.6) is 0 Å². The van der Waals surface area contributed by atoms with Crippen LogP contribution in [-0.2, 0) is 4.79 Å². The number of amides is 2. The predicted molar refractivity (Wildman–Crippen MR) is 127 cm³/mol. The van der Waals surface area contributed by atoms with Crippen molar-refractivity contribution in [1.82, 2.24) is 25.4 Å². The van der Waals surface area contributed by atoms with Crippen molar-refractivity contribution in [2.45, 2.75) is 36.1 Å². The maximum Gasteiger partial charge on any atom is 0.256 e. The Kier molecular flexibility index (Phi) is 6.31. The minimum atomic E-state index is 0.0592. The van der Waals surface area contributed by atoms with E-state index in [2.05, 4.69) is 25.4 Å². The first-order chi connectivity index (χ1) is 15.7. The van der Waals surface area contributed by atoms with Gasteiger partial charge in [-0.3, -0.25) is 9.59 Å². The van der Waals surface area contributed by atoms with Gasteiger partial charge < -0.3 is 20.1 Å². The van der Waals surface area contributed by atoms with Crippen LogP contribution in [0.1, 0.15) is 36.0 Å². The zero-order chi connectivity index (χ0) is 21.9. The Morgan fingerprint density at radius 3 is 2.72 bits per heavy atom. The van der Waals surface area contributed by atoms with E-state index in [9.17, 15) is 9.59 Å². The molecule has 0 spiro atoms. The number of nitrogens with one attached hydrogen (secondary N) is 2. The molecular weight excluding hydrogens is 444 g/mol. The number of thioether (sulfide) groups is 1. The van der Waals surface area contributed by atoms with E-state index in [-0.39, 0.29) is 11.8 Å². The van der Waals surface area contributed by atoms with Gasteiger partial charge in [0.2, 0.25) is 11.0 Å². The van der Waals surface area contributed by atoms with Crippen molar-refractivity contribution in [1.29, 1.82) is 0 Å². The quantitative estimate of drug-likeness (QED) is 0.538. The van der Waals surface area contributed by atoms with Gasteiger partial charge in [0, 0.05) is 49.3 Å². The number of H-pyrrole nitrogens is 1. The number of aromatic nitrogens is 3. The van der Waals surface area contributed by atoms with Gasteiger partial charge in [0.15, 0.2) is 4.34 Å². The highest BCUT2D eigenvalue weighted by atomic mass is 32.2. The first kappa shape index (κ1) is 21.3. The van der Waals surface area contributed by atoms with Gasteiger partial charge in [-0.05, 0) is 18.9 Å². The minimum absolute atomic E-state index is 0.0592. The van der Waals surface area contributed by atoms with E-state index in [1.54, 1.807) is 6.20 Å². The monoisotopic (exact) mass is 470 g/mol. The van der Waals surface area contributed by atoms with E-state index in [4.69, 9.17) is 0 Å². The molecule has 5 rings (SSSR count). The van der Waals surface area contributed by atoms with Gasteiger partial charge >= 0.3 is 0 Å². The molecule has 8 nitrogen and oxygen atoms in total. The van der Waals surface area contributed by atoms with Crippen LogP contribution in [-0.4, -0.2) is 69.9 Å². The second kappa shape index (κ2) is 9.50. The first-order valence-corrected chi connectivity index (χ1v) is 12.8. The second-order valence-electron chi connectivity index (χ2n) is 8.22. The van der Waals surface area contributed by atoms with Crippen molar-refractivity contribution in [2.24, 2.45) is 0 Å². The molecule has 168 valence electrons. The first-order valence-electron chi connectivity index (χ1n) is 11.0. The number of piperazine rings is 1. The summed E-state index contributed by atoms with van der Waals surface area (Å²) in [5.41, 5.74) is 1.70. The molecule has 32 heavy (non-hydrogen) atoms. The fourth-order valence-electron chi connectivity index (χ4n) is 4.38. The molecular formula is C22H26N6O2S2. The Bertz CT molecular complexity index is 1100. The molecule has 0 radical (unpaired) electrons. The van der Waals surface area contributed by atoms with Crippen molar-refractivity contribution in [3.05, 3.63) is 36.0 Å². The molecule has 1 aromatic carbocycles. The van der Waals surface area contributed by atoms with Gasteiger partial charge in [0.1, 0.15) is 0 Å². The number of hydrogen-bond acceptors (Lipinski definition) is 7. The number of carbonyl (C=O) groups excluding carboxylic acids is 2. The Hall–Kier alpha value is -2.59. The van der Waals surface area contributed by atoms with E-state index in [0.29, 0.717) is 24.9 Å². The predicted octanol–water partition coefficient (Wildman–Crippen LogP) is 3.13. The summed E-state index contributed by atoms with van der Waals surface area (Å²) in [5.74, 6) is 0.504. The van der Waals surface area contributed by atoms with Gasteiger partial charge in [-0.1, -0.05) is 54.1 Å². The van der Waals surface area contributed by atoms with E-state index < -0.39 is 0 Å². The van der Waals surface area contributed by atoms with Gasteiger partial charge in [-0.25, -0.2) is 0 Å². The third kappa shape index (κ3) is 4.61. The van der Waals surface area contributed by atoms with Crippen molar-refractivity contribution < 1.29 is 9.59 Å². The standard InChI is InChI=1S/C22H26N6O2S2/c29-19(24-15-5-1-2-6-15)14-31-22-26-25-21(32-22)28-11-9-27(10-12-28)20(30)17-13-23-18-8-4-3-7-16(17)18/h3-4,7-8,13,15,23H,1-2,5-6,9-12,14H2,(H,24,29). The molecule has 3 heterocycles. The Labute approximate surface area is 194 Å². The highest BCUT2D eigenvalue weighted by Gasteiger charge is 2.26. The number of rotatable bonds is 6. The smallest absolute Gasteiger partial charge is 0.256 e. The number of carbonyl (C=O) groups is 2. The van der Waals surface area contributed by atoms with E-state index in [1.807, 2.05) is 29.2 Å². The van der Waals surface area contributed by atoms with Gasteiger partial charge in [0.05, 0.1) is 11.3 Å². The van der Waals surface area contributed by atoms with Crippen LogP contribution >= 0.6 is 23.1 Å². The summed E-state index contributed by atoms with van der Waals surface area (Å²) < 4.78 is 0.805. The number of fused-ring (bicyclic) bond motifs is 1. The van der Waals surface area contributed by atoms with Crippen LogP contribution in [0.3, 0.4) is 0 Å². The third-order valence-corrected chi connectivity index (χ3v) is 8.22. The maximum atomic E-state index is 13.0. The zero-order valence-electron chi connectivity index (χ0n) is 17.7. The average molecular weight is 471 g/mol. The number of aromatic amines is 1. The lowest BCUT2D eigenvalue weighted by Crippen LogP contribution is -2.48. The van der Waals surface area contributed by atoms with E-state index in [1.165, 1.54) is 35.9 Å². The fourth-order valence-corrected chi connectivity index (χ4v) is 6.08. The lowest BCUT2D eigenvalue weighted by molar-refractivity contribution is -0.119. The number of para-hydroxylation sites is 1. The number of anilines is 1. The molecule has 1 aliphatic heterocycles. The topological polar surface area (TPSA) is 94.2 Å². The number of hydrogen-bond donors (Lipinski definition) is 2. The third-order valence-electron chi connectivity index (χ3n) is 6.10. The maximum absolute atomic E-state index is 13.0. The van der Waals surface area contributed by atoms with Crippen molar-refractivity contribution in [3.8, 4) is 0 Å². The van der Waals surface area contributed by atoms with Gasteiger partial charge in [0.25, 0.3) is 5.91 Å². The summed E-state index contributed by atoms with van der Waals surface area (Å²) in [5, 5.41) is 13.5. The van der Waals surface area contributed by atoms with Crippen LogP contribution < -0.4 is 10.2 Å². The highest BCUT2D eigenvalue weighted by Crippen LogP contribution is 2.29. The molecule has 2 aliphatic rings. The van der Waals surface area contributed by atoms with Crippen LogP contribution in [0.4, 0.5) is 5.13 Å². The van der Waals surface area contributed by atoms with E-state index >= 15 is 0 Å².